The van der Waals surface area contributed by atoms with E-state index in [0.717, 1.165) is 39.2 Å². The van der Waals surface area contributed by atoms with Crippen molar-refractivity contribution in [2.45, 2.75) is 53.6 Å². The second-order valence-corrected chi connectivity index (χ2v) is 10.3. The maximum Gasteiger partial charge on any atom is 0.244 e. The number of aryl methyl sites for hydroxylation is 3. The molecular formula is C25H35N3O4S. The van der Waals surface area contributed by atoms with Crippen LogP contribution in [0.5, 0.6) is 0 Å². The topological polar surface area (TPSA) is 86.8 Å². The van der Waals surface area contributed by atoms with Gasteiger partial charge < -0.3 is 10.2 Å². The van der Waals surface area contributed by atoms with Crippen molar-refractivity contribution in [1.82, 2.24) is 10.2 Å². The van der Waals surface area contributed by atoms with Gasteiger partial charge in [-0.1, -0.05) is 49.4 Å². The molecule has 0 aliphatic carbocycles. The summed E-state index contributed by atoms with van der Waals surface area (Å²) in [7, 11) is -3.75. The van der Waals surface area contributed by atoms with Gasteiger partial charge >= 0.3 is 0 Å². The smallest absolute Gasteiger partial charge is 0.244 e. The Morgan fingerprint density at radius 1 is 0.970 bits per heavy atom. The number of benzene rings is 2. The number of anilines is 1. The molecule has 2 amide bonds. The van der Waals surface area contributed by atoms with Crippen LogP contribution in [0.4, 0.5) is 5.69 Å². The van der Waals surface area contributed by atoms with Gasteiger partial charge in [0.05, 0.1) is 11.9 Å². The van der Waals surface area contributed by atoms with E-state index in [2.05, 4.69) is 5.32 Å². The Hall–Kier alpha value is -2.87. The number of nitrogens with zero attached hydrogens (tertiary/aromatic N) is 2. The molecule has 180 valence electrons. The number of rotatable bonds is 10. The molecule has 0 saturated heterocycles. The van der Waals surface area contributed by atoms with Gasteiger partial charge in [0, 0.05) is 13.1 Å². The minimum Gasteiger partial charge on any atom is -0.354 e. The molecule has 0 radical (unpaired) electrons. The molecule has 2 rings (SSSR count). The fourth-order valence-electron chi connectivity index (χ4n) is 3.72. The SMILES string of the molecule is CCCNC(=O)[C@H](C)N(Cc1ccccc1C)C(=O)CN(c1c(C)cccc1C)S(C)(=O)=O. The standard InChI is InChI=1S/C25H35N3O4S/c1-7-15-26-25(30)21(5)27(16-22-14-9-8-11-18(22)2)23(29)17-28(33(6,31)32)24-19(3)12-10-13-20(24)4/h8-14,21H,7,15-17H2,1-6H3,(H,26,30)/t21-/m0/s1. The molecule has 0 aromatic heterocycles. The van der Waals surface area contributed by atoms with Crippen LogP contribution in [0.3, 0.4) is 0 Å². The molecule has 0 aliphatic rings. The van der Waals surface area contributed by atoms with E-state index in [1.807, 2.05) is 70.2 Å². The Morgan fingerprint density at radius 3 is 2.09 bits per heavy atom. The summed E-state index contributed by atoms with van der Waals surface area (Å²) >= 11 is 0. The lowest BCUT2D eigenvalue weighted by atomic mass is 10.1. The third-order valence-corrected chi connectivity index (χ3v) is 6.80. The van der Waals surface area contributed by atoms with Gasteiger partial charge in [0.2, 0.25) is 21.8 Å². The van der Waals surface area contributed by atoms with Crippen molar-refractivity contribution in [1.29, 1.82) is 0 Å². The molecule has 0 bridgehead atoms. The van der Waals surface area contributed by atoms with Gasteiger partial charge in [-0.3, -0.25) is 13.9 Å². The molecule has 1 atom stereocenters. The van der Waals surface area contributed by atoms with Crippen molar-refractivity contribution in [3.63, 3.8) is 0 Å². The van der Waals surface area contributed by atoms with Gasteiger partial charge in [-0.2, -0.15) is 0 Å². The van der Waals surface area contributed by atoms with Crippen LogP contribution in [0.1, 0.15) is 42.5 Å². The van der Waals surface area contributed by atoms with Crippen LogP contribution >= 0.6 is 0 Å². The Balaban J connectivity index is 2.45. The average molecular weight is 474 g/mol. The van der Waals surface area contributed by atoms with Crippen LogP contribution in [0.15, 0.2) is 42.5 Å². The van der Waals surface area contributed by atoms with E-state index in [0.29, 0.717) is 12.2 Å². The van der Waals surface area contributed by atoms with Crippen molar-refractivity contribution >= 4 is 27.5 Å². The summed E-state index contributed by atoms with van der Waals surface area (Å²) in [6, 6.07) is 12.4. The summed E-state index contributed by atoms with van der Waals surface area (Å²) in [5.41, 5.74) is 3.90. The molecule has 0 saturated carbocycles. The fourth-order valence-corrected chi connectivity index (χ4v) is 4.69. The zero-order valence-electron chi connectivity index (χ0n) is 20.4. The quantitative estimate of drug-likeness (QED) is 0.574. The highest BCUT2D eigenvalue weighted by atomic mass is 32.2. The largest absolute Gasteiger partial charge is 0.354 e. The number of hydrogen-bond acceptors (Lipinski definition) is 4. The molecule has 33 heavy (non-hydrogen) atoms. The number of para-hydroxylation sites is 1. The molecule has 0 spiro atoms. The number of carbonyl (C=O) groups is 2. The maximum atomic E-state index is 13.6. The highest BCUT2D eigenvalue weighted by Crippen LogP contribution is 2.27. The molecular weight excluding hydrogens is 438 g/mol. The Morgan fingerprint density at radius 2 is 1.55 bits per heavy atom. The van der Waals surface area contributed by atoms with E-state index in [1.54, 1.807) is 6.92 Å². The zero-order valence-corrected chi connectivity index (χ0v) is 21.2. The Bertz CT molecular complexity index is 1080. The summed E-state index contributed by atoms with van der Waals surface area (Å²) in [5, 5.41) is 2.84. The van der Waals surface area contributed by atoms with Crippen molar-refractivity contribution in [3.8, 4) is 0 Å². The summed E-state index contributed by atoms with van der Waals surface area (Å²) in [6.45, 7) is 9.53. The van der Waals surface area contributed by atoms with Gasteiger partial charge in [-0.25, -0.2) is 8.42 Å². The van der Waals surface area contributed by atoms with Crippen LogP contribution in [0, 0.1) is 20.8 Å². The third kappa shape index (κ3) is 6.81. The molecule has 1 N–H and O–H groups in total. The number of carbonyl (C=O) groups excluding carboxylic acids is 2. The fraction of sp³-hybridized carbons (Fsp3) is 0.440. The first-order chi connectivity index (χ1) is 15.5. The van der Waals surface area contributed by atoms with Crippen molar-refractivity contribution in [2.24, 2.45) is 0 Å². The lowest BCUT2D eigenvalue weighted by molar-refractivity contribution is -0.139. The van der Waals surface area contributed by atoms with E-state index >= 15 is 0 Å². The molecule has 0 unspecified atom stereocenters. The van der Waals surface area contributed by atoms with Crippen LogP contribution in [0.25, 0.3) is 0 Å². The Labute approximate surface area is 197 Å². The number of hydrogen-bond donors (Lipinski definition) is 1. The van der Waals surface area contributed by atoms with Crippen molar-refractivity contribution in [3.05, 3.63) is 64.7 Å². The van der Waals surface area contributed by atoms with E-state index in [4.69, 9.17) is 0 Å². The lowest BCUT2D eigenvalue weighted by Gasteiger charge is -2.32. The second-order valence-electron chi connectivity index (χ2n) is 8.43. The number of amides is 2. The van der Waals surface area contributed by atoms with E-state index in [9.17, 15) is 18.0 Å². The van der Waals surface area contributed by atoms with Gasteiger partial charge in [0.25, 0.3) is 0 Å². The van der Waals surface area contributed by atoms with E-state index < -0.39 is 22.0 Å². The number of nitrogens with one attached hydrogen (secondary N) is 1. The maximum absolute atomic E-state index is 13.6. The molecule has 2 aromatic carbocycles. The molecule has 0 fully saturated rings. The summed E-state index contributed by atoms with van der Waals surface area (Å²) < 4.78 is 26.6. The summed E-state index contributed by atoms with van der Waals surface area (Å²) in [5.74, 6) is -0.706. The lowest BCUT2D eigenvalue weighted by Crippen LogP contribution is -2.51. The van der Waals surface area contributed by atoms with Crippen LogP contribution in [-0.2, 0) is 26.2 Å². The first kappa shape index (κ1) is 26.4. The predicted octanol–water partition coefficient (Wildman–Crippen LogP) is 3.32. The molecule has 0 heterocycles. The van der Waals surface area contributed by atoms with Crippen LogP contribution < -0.4 is 9.62 Å². The first-order valence-corrected chi connectivity index (χ1v) is 13.0. The van der Waals surface area contributed by atoms with Gasteiger partial charge in [0.15, 0.2) is 0 Å². The molecule has 8 heteroatoms. The van der Waals surface area contributed by atoms with Gasteiger partial charge in [0.1, 0.15) is 12.6 Å². The zero-order chi connectivity index (χ0) is 24.8. The normalized spacial score (nSPS) is 12.2. The number of sulfonamides is 1. The molecule has 2 aromatic rings. The summed E-state index contributed by atoms with van der Waals surface area (Å²) in [4.78, 5) is 27.8. The van der Waals surface area contributed by atoms with Gasteiger partial charge in [-0.05, 0) is 56.4 Å². The predicted molar refractivity (Wildman–Crippen MR) is 133 cm³/mol. The van der Waals surface area contributed by atoms with Gasteiger partial charge in [-0.15, -0.1) is 0 Å². The Kier molecular flexibility index (Phi) is 9.05. The minimum absolute atomic E-state index is 0.205. The minimum atomic E-state index is -3.75. The van der Waals surface area contributed by atoms with E-state index in [-0.39, 0.29) is 19.0 Å². The third-order valence-electron chi connectivity index (χ3n) is 5.69. The molecule has 7 nitrogen and oxygen atoms in total. The van der Waals surface area contributed by atoms with Crippen molar-refractivity contribution in [2.75, 3.05) is 23.7 Å². The highest BCUT2D eigenvalue weighted by Gasteiger charge is 2.31. The summed E-state index contributed by atoms with van der Waals surface area (Å²) in [6.07, 6.45) is 1.87. The van der Waals surface area contributed by atoms with Crippen LogP contribution in [-0.4, -0.2) is 50.5 Å². The van der Waals surface area contributed by atoms with E-state index in [1.165, 1.54) is 4.90 Å². The van der Waals surface area contributed by atoms with Crippen LogP contribution in [0.2, 0.25) is 0 Å². The highest BCUT2D eigenvalue weighted by molar-refractivity contribution is 7.92. The van der Waals surface area contributed by atoms with Crippen molar-refractivity contribution < 1.29 is 18.0 Å². The monoisotopic (exact) mass is 473 g/mol. The first-order valence-electron chi connectivity index (χ1n) is 11.1. The molecule has 0 aliphatic heterocycles. The average Bonchev–Trinajstić information content (AvgIpc) is 2.74. The second kappa shape index (κ2) is 11.3.